The van der Waals surface area contributed by atoms with Crippen molar-refractivity contribution in [3.05, 3.63) is 40.7 Å². The van der Waals surface area contributed by atoms with E-state index < -0.39 is 0 Å². The minimum atomic E-state index is -0.377. The number of hydrogen-bond donors (Lipinski definition) is 0. The zero-order valence-corrected chi connectivity index (χ0v) is 13.4. The van der Waals surface area contributed by atoms with Gasteiger partial charge in [0.05, 0.1) is 6.61 Å². The van der Waals surface area contributed by atoms with Crippen LogP contribution in [0.4, 0.5) is 0 Å². The van der Waals surface area contributed by atoms with Crippen molar-refractivity contribution in [2.24, 2.45) is 0 Å². The maximum Gasteiger partial charge on any atom is 0.359 e. The number of carbonyl (C=O) groups is 1. The maximum absolute atomic E-state index is 12.3. The van der Waals surface area contributed by atoms with Crippen LogP contribution in [-0.4, -0.2) is 22.4 Å². The molecule has 1 aromatic heterocycles. The monoisotopic (exact) mass is 318 g/mol. The van der Waals surface area contributed by atoms with Crippen molar-refractivity contribution in [2.45, 2.75) is 39.2 Å². The molecule has 22 heavy (non-hydrogen) atoms. The van der Waals surface area contributed by atoms with E-state index in [1.54, 1.807) is 6.92 Å². The average molecular weight is 319 g/mol. The van der Waals surface area contributed by atoms with Crippen LogP contribution in [0.2, 0.25) is 5.02 Å². The Hall–Kier alpha value is -1.81. The molecule has 1 aliphatic heterocycles. The highest BCUT2D eigenvalue weighted by atomic mass is 35.5. The molecule has 2 heterocycles. The van der Waals surface area contributed by atoms with Crippen LogP contribution in [0.5, 0.6) is 0 Å². The first-order valence-electron chi connectivity index (χ1n) is 7.74. The van der Waals surface area contributed by atoms with Gasteiger partial charge in [-0.05, 0) is 32.3 Å². The van der Waals surface area contributed by atoms with Crippen LogP contribution in [0, 0.1) is 0 Å². The quantitative estimate of drug-likeness (QED) is 0.800. The third-order valence-corrected chi connectivity index (χ3v) is 4.28. The van der Waals surface area contributed by atoms with Crippen molar-refractivity contribution in [1.29, 1.82) is 0 Å². The lowest BCUT2D eigenvalue weighted by Crippen LogP contribution is -2.08. The van der Waals surface area contributed by atoms with Gasteiger partial charge in [-0.1, -0.05) is 36.2 Å². The van der Waals surface area contributed by atoms with E-state index >= 15 is 0 Å². The summed E-state index contributed by atoms with van der Waals surface area (Å²) in [5.41, 5.74) is 3.17. The maximum atomic E-state index is 12.3. The largest absolute Gasteiger partial charge is 0.461 e. The SMILES string of the molecule is CCOC(=O)c1nn2c(c1-c1ccccc1Cl)CCCCC2. The van der Waals surface area contributed by atoms with Crippen molar-refractivity contribution in [1.82, 2.24) is 9.78 Å². The molecule has 5 heteroatoms. The second kappa shape index (κ2) is 6.53. The van der Waals surface area contributed by atoms with Crippen LogP contribution >= 0.6 is 11.6 Å². The summed E-state index contributed by atoms with van der Waals surface area (Å²) < 4.78 is 7.14. The number of nitrogens with zero attached hydrogens (tertiary/aromatic N) is 2. The average Bonchev–Trinajstić information content (AvgIpc) is 2.71. The fourth-order valence-electron chi connectivity index (χ4n) is 2.96. The summed E-state index contributed by atoms with van der Waals surface area (Å²) in [7, 11) is 0. The second-order valence-corrected chi connectivity index (χ2v) is 5.81. The summed E-state index contributed by atoms with van der Waals surface area (Å²) in [4.78, 5) is 12.3. The lowest BCUT2D eigenvalue weighted by atomic mass is 10.00. The molecule has 0 bridgehead atoms. The summed E-state index contributed by atoms with van der Waals surface area (Å²) in [6, 6.07) is 7.59. The molecule has 0 atom stereocenters. The fourth-order valence-corrected chi connectivity index (χ4v) is 3.19. The van der Waals surface area contributed by atoms with Crippen LogP contribution in [-0.2, 0) is 17.7 Å². The fraction of sp³-hybridized carbons (Fsp3) is 0.412. The first-order chi connectivity index (χ1) is 10.7. The van der Waals surface area contributed by atoms with Gasteiger partial charge in [0, 0.05) is 28.4 Å². The molecule has 3 rings (SSSR count). The second-order valence-electron chi connectivity index (χ2n) is 5.40. The van der Waals surface area contributed by atoms with Crippen molar-refractivity contribution >= 4 is 17.6 Å². The van der Waals surface area contributed by atoms with Gasteiger partial charge >= 0.3 is 5.97 Å². The highest BCUT2D eigenvalue weighted by Gasteiger charge is 2.26. The van der Waals surface area contributed by atoms with E-state index in [9.17, 15) is 4.79 Å². The summed E-state index contributed by atoms with van der Waals surface area (Å²) in [5, 5.41) is 5.16. The summed E-state index contributed by atoms with van der Waals surface area (Å²) >= 11 is 6.36. The van der Waals surface area contributed by atoms with Crippen molar-refractivity contribution < 1.29 is 9.53 Å². The number of benzene rings is 1. The zero-order valence-electron chi connectivity index (χ0n) is 12.6. The summed E-state index contributed by atoms with van der Waals surface area (Å²) in [6.07, 6.45) is 4.28. The van der Waals surface area contributed by atoms with Gasteiger partial charge in [-0.3, -0.25) is 4.68 Å². The van der Waals surface area contributed by atoms with E-state index in [0.29, 0.717) is 17.3 Å². The van der Waals surface area contributed by atoms with Gasteiger partial charge in [0.25, 0.3) is 0 Å². The Kier molecular flexibility index (Phi) is 4.48. The third kappa shape index (κ3) is 2.75. The highest BCUT2D eigenvalue weighted by Crippen LogP contribution is 2.35. The number of esters is 1. The Bertz CT molecular complexity index is 694. The van der Waals surface area contributed by atoms with Gasteiger partial charge in [-0.15, -0.1) is 0 Å². The van der Waals surface area contributed by atoms with Gasteiger partial charge < -0.3 is 4.74 Å². The number of aromatic nitrogens is 2. The predicted octanol–water partition coefficient (Wildman–Crippen LogP) is 4.11. The Balaban J connectivity index is 2.18. The molecule has 0 N–H and O–H groups in total. The number of aryl methyl sites for hydroxylation is 1. The number of hydrogen-bond acceptors (Lipinski definition) is 3. The van der Waals surface area contributed by atoms with E-state index in [0.717, 1.165) is 42.6 Å². The van der Waals surface area contributed by atoms with Gasteiger partial charge in [-0.25, -0.2) is 4.79 Å². The molecular weight excluding hydrogens is 300 g/mol. The normalized spacial score (nSPS) is 14.3. The minimum Gasteiger partial charge on any atom is -0.461 e. The summed E-state index contributed by atoms with van der Waals surface area (Å²) in [5.74, 6) is -0.377. The summed E-state index contributed by atoms with van der Waals surface area (Å²) in [6.45, 7) is 2.98. The molecule has 4 nitrogen and oxygen atoms in total. The van der Waals surface area contributed by atoms with Gasteiger partial charge in [-0.2, -0.15) is 5.10 Å². The minimum absolute atomic E-state index is 0.336. The Morgan fingerprint density at radius 2 is 2.14 bits per heavy atom. The Morgan fingerprint density at radius 3 is 2.91 bits per heavy atom. The molecule has 0 aliphatic carbocycles. The van der Waals surface area contributed by atoms with E-state index in [2.05, 4.69) is 5.10 Å². The molecule has 0 radical (unpaired) electrons. The lowest BCUT2D eigenvalue weighted by molar-refractivity contribution is 0.0519. The van der Waals surface area contributed by atoms with Crippen molar-refractivity contribution in [3.8, 4) is 11.1 Å². The number of ether oxygens (including phenoxy) is 1. The topological polar surface area (TPSA) is 44.1 Å². The van der Waals surface area contributed by atoms with E-state index in [4.69, 9.17) is 16.3 Å². The first kappa shape index (κ1) is 15.1. The molecule has 0 amide bonds. The van der Waals surface area contributed by atoms with E-state index in [1.165, 1.54) is 6.42 Å². The molecule has 1 aliphatic rings. The van der Waals surface area contributed by atoms with Crippen LogP contribution < -0.4 is 0 Å². The smallest absolute Gasteiger partial charge is 0.359 e. The Morgan fingerprint density at radius 1 is 1.32 bits per heavy atom. The highest BCUT2D eigenvalue weighted by molar-refractivity contribution is 6.33. The van der Waals surface area contributed by atoms with Gasteiger partial charge in [0.1, 0.15) is 0 Å². The van der Waals surface area contributed by atoms with Crippen LogP contribution in [0.1, 0.15) is 42.4 Å². The van der Waals surface area contributed by atoms with Crippen LogP contribution in [0.25, 0.3) is 11.1 Å². The molecule has 1 aromatic carbocycles. The molecule has 116 valence electrons. The number of rotatable bonds is 3. The first-order valence-corrected chi connectivity index (χ1v) is 8.12. The Labute approximate surface area is 135 Å². The van der Waals surface area contributed by atoms with Gasteiger partial charge in [0.2, 0.25) is 0 Å². The van der Waals surface area contributed by atoms with Gasteiger partial charge in [0.15, 0.2) is 5.69 Å². The third-order valence-electron chi connectivity index (χ3n) is 3.95. The molecule has 2 aromatic rings. The predicted molar refractivity (Wildman–Crippen MR) is 86.2 cm³/mol. The van der Waals surface area contributed by atoms with E-state index in [-0.39, 0.29) is 5.97 Å². The van der Waals surface area contributed by atoms with Crippen molar-refractivity contribution in [2.75, 3.05) is 6.61 Å². The van der Waals surface area contributed by atoms with Crippen LogP contribution in [0.15, 0.2) is 24.3 Å². The van der Waals surface area contributed by atoms with Crippen LogP contribution in [0.3, 0.4) is 0 Å². The number of fused-ring (bicyclic) bond motifs is 1. The molecule has 0 spiro atoms. The lowest BCUT2D eigenvalue weighted by Gasteiger charge is -2.08. The van der Waals surface area contributed by atoms with E-state index in [1.807, 2.05) is 28.9 Å². The zero-order chi connectivity index (χ0) is 15.5. The molecule has 0 unspecified atom stereocenters. The standard InChI is InChI=1S/C17H19ClN2O2/c1-2-22-17(21)16-15(12-8-5-6-9-13(12)18)14-10-4-3-7-11-20(14)19-16/h5-6,8-9H,2-4,7,10-11H2,1H3. The molecular formula is C17H19ClN2O2. The molecule has 0 fully saturated rings. The molecule has 0 saturated heterocycles. The number of halogens is 1. The molecule has 0 saturated carbocycles. The number of carbonyl (C=O) groups excluding carboxylic acids is 1. The van der Waals surface area contributed by atoms with Crippen molar-refractivity contribution in [3.63, 3.8) is 0 Å².